The van der Waals surface area contributed by atoms with E-state index in [1.54, 1.807) is 11.3 Å². The van der Waals surface area contributed by atoms with E-state index < -0.39 is 0 Å². The van der Waals surface area contributed by atoms with Crippen LogP contribution < -0.4 is 5.32 Å². The minimum absolute atomic E-state index is 0.427. The lowest BCUT2D eigenvalue weighted by Crippen LogP contribution is -2.00. The molecule has 0 atom stereocenters. The Kier molecular flexibility index (Phi) is 2.73. The number of nitrogens with zero attached hydrogens (tertiary/aromatic N) is 3. The molecular formula is C8H10N4OS. The predicted molar refractivity (Wildman–Crippen MR) is 53.1 cm³/mol. The second-order valence-electron chi connectivity index (χ2n) is 2.68. The van der Waals surface area contributed by atoms with Gasteiger partial charge in [0.2, 0.25) is 6.39 Å². The van der Waals surface area contributed by atoms with Crippen molar-refractivity contribution in [2.24, 2.45) is 0 Å². The Bertz CT molecular complexity index is 384. The van der Waals surface area contributed by atoms with Gasteiger partial charge in [0.15, 0.2) is 0 Å². The van der Waals surface area contributed by atoms with Gasteiger partial charge in [-0.3, -0.25) is 0 Å². The number of aryl methyl sites for hydroxylation is 1. The second-order valence-corrected chi connectivity index (χ2v) is 3.63. The van der Waals surface area contributed by atoms with Gasteiger partial charge in [0.1, 0.15) is 0 Å². The summed E-state index contributed by atoms with van der Waals surface area (Å²) in [5.74, 6) is 0. The van der Waals surface area contributed by atoms with Gasteiger partial charge in [-0.15, -0.1) is 16.4 Å². The molecule has 1 N–H and O–H groups in total. The van der Waals surface area contributed by atoms with Gasteiger partial charge in [0.05, 0.1) is 17.2 Å². The fourth-order valence-corrected chi connectivity index (χ4v) is 1.75. The Hall–Kier alpha value is -1.43. The molecular weight excluding hydrogens is 200 g/mol. The molecule has 2 aromatic heterocycles. The van der Waals surface area contributed by atoms with E-state index in [-0.39, 0.29) is 0 Å². The van der Waals surface area contributed by atoms with Crippen LogP contribution in [0.5, 0.6) is 0 Å². The molecule has 74 valence electrons. The smallest absolute Gasteiger partial charge is 0.315 e. The molecule has 0 amide bonds. The van der Waals surface area contributed by atoms with Gasteiger partial charge in [0.25, 0.3) is 0 Å². The summed E-state index contributed by atoms with van der Waals surface area (Å²) in [4.78, 5) is 4.39. The van der Waals surface area contributed by atoms with Crippen molar-refractivity contribution in [3.05, 3.63) is 22.5 Å². The van der Waals surface area contributed by atoms with Gasteiger partial charge in [-0.25, -0.2) is 4.98 Å². The van der Waals surface area contributed by atoms with Crippen molar-refractivity contribution in [2.75, 3.05) is 5.32 Å². The summed E-state index contributed by atoms with van der Waals surface area (Å²) in [6.07, 6.45) is 2.27. The summed E-state index contributed by atoms with van der Waals surface area (Å²) in [5.41, 5.74) is 1.00. The third kappa shape index (κ3) is 2.08. The molecule has 0 spiro atoms. The van der Waals surface area contributed by atoms with Crippen molar-refractivity contribution < 1.29 is 4.42 Å². The Morgan fingerprint density at radius 3 is 3.14 bits per heavy atom. The van der Waals surface area contributed by atoms with Crippen molar-refractivity contribution >= 4 is 17.4 Å². The SMILES string of the molecule is CCc1nc(CNc2nnco2)cs1. The average molecular weight is 210 g/mol. The molecule has 2 aromatic rings. The van der Waals surface area contributed by atoms with E-state index in [0.717, 1.165) is 17.1 Å². The van der Waals surface area contributed by atoms with Crippen LogP contribution in [0.3, 0.4) is 0 Å². The molecule has 14 heavy (non-hydrogen) atoms. The molecule has 0 aliphatic carbocycles. The van der Waals surface area contributed by atoms with E-state index in [2.05, 4.69) is 27.4 Å². The molecule has 0 aliphatic heterocycles. The van der Waals surface area contributed by atoms with Crippen LogP contribution in [0.1, 0.15) is 17.6 Å². The third-order valence-electron chi connectivity index (χ3n) is 1.68. The molecule has 2 heterocycles. The summed E-state index contributed by atoms with van der Waals surface area (Å²) < 4.78 is 4.93. The highest BCUT2D eigenvalue weighted by Gasteiger charge is 2.01. The van der Waals surface area contributed by atoms with E-state index in [9.17, 15) is 0 Å². The van der Waals surface area contributed by atoms with Crippen LogP contribution in [0, 0.1) is 0 Å². The minimum atomic E-state index is 0.427. The molecule has 0 saturated heterocycles. The summed E-state index contributed by atoms with van der Waals surface area (Å²) in [7, 11) is 0. The van der Waals surface area contributed by atoms with Crippen molar-refractivity contribution in [1.82, 2.24) is 15.2 Å². The summed E-state index contributed by atoms with van der Waals surface area (Å²) >= 11 is 1.67. The van der Waals surface area contributed by atoms with Crippen LogP contribution in [0.15, 0.2) is 16.2 Å². The van der Waals surface area contributed by atoms with E-state index >= 15 is 0 Å². The van der Waals surface area contributed by atoms with E-state index in [1.807, 2.05) is 5.38 Å². The summed E-state index contributed by atoms with van der Waals surface area (Å²) in [5, 5.41) is 13.4. The van der Waals surface area contributed by atoms with Crippen molar-refractivity contribution in [3.8, 4) is 0 Å². The Balaban J connectivity index is 1.92. The van der Waals surface area contributed by atoms with Crippen LogP contribution in [0.4, 0.5) is 6.01 Å². The number of rotatable bonds is 4. The monoisotopic (exact) mass is 210 g/mol. The summed E-state index contributed by atoms with van der Waals surface area (Å²) in [6, 6.07) is 0.427. The molecule has 0 aromatic carbocycles. The standard InChI is InChI=1S/C8H10N4OS/c1-2-7-11-6(4-14-7)3-9-8-12-10-5-13-8/h4-5H,2-3H2,1H3,(H,9,12). The lowest BCUT2D eigenvalue weighted by molar-refractivity contribution is 0.565. The van der Waals surface area contributed by atoms with Gasteiger partial charge in [-0.05, 0) is 6.42 Å². The molecule has 6 heteroatoms. The zero-order chi connectivity index (χ0) is 9.80. The fourth-order valence-electron chi connectivity index (χ4n) is 1.01. The van der Waals surface area contributed by atoms with E-state index in [0.29, 0.717) is 12.6 Å². The number of hydrogen-bond donors (Lipinski definition) is 1. The van der Waals surface area contributed by atoms with Crippen LogP contribution in [0.2, 0.25) is 0 Å². The first kappa shape index (κ1) is 9.14. The van der Waals surface area contributed by atoms with Crippen LogP contribution in [-0.4, -0.2) is 15.2 Å². The van der Waals surface area contributed by atoms with Crippen molar-refractivity contribution in [2.45, 2.75) is 19.9 Å². The maximum absolute atomic E-state index is 4.93. The first-order valence-electron chi connectivity index (χ1n) is 4.32. The minimum Gasteiger partial charge on any atom is -0.411 e. The van der Waals surface area contributed by atoms with E-state index in [1.165, 1.54) is 6.39 Å². The lowest BCUT2D eigenvalue weighted by atomic mass is 10.4. The van der Waals surface area contributed by atoms with Gasteiger partial charge in [-0.2, -0.15) is 0 Å². The molecule has 0 aliphatic rings. The first-order chi connectivity index (χ1) is 6.88. The highest BCUT2D eigenvalue weighted by atomic mass is 32.1. The maximum atomic E-state index is 4.93. The van der Waals surface area contributed by atoms with Crippen LogP contribution in [0.25, 0.3) is 0 Å². The largest absolute Gasteiger partial charge is 0.411 e. The van der Waals surface area contributed by atoms with Crippen LogP contribution >= 0.6 is 11.3 Å². The average Bonchev–Trinajstić information content (AvgIpc) is 2.86. The lowest BCUT2D eigenvalue weighted by Gasteiger charge is -1.95. The van der Waals surface area contributed by atoms with Gasteiger partial charge in [0, 0.05) is 5.38 Å². The van der Waals surface area contributed by atoms with E-state index in [4.69, 9.17) is 4.42 Å². The molecule has 5 nitrogen and oxygen atoms in total. The molecule has 0 bridgehead atoms. The van der Waals surface area contributed by atoms with Gasteiger partial charge in [-0.1, -0.05) is 12.0 Å². The Morgan fingerprint density at radius 1 is 1.57 bits per heavy atom. The zero-order valence-electron chi connectivity index (χ0n) is 7.73. The van der Waals surface area contributed by atoms with Crippen LogP contribution in [-0.2, 0) is 13.0 Å². The van der Waals surface area contributed by atoms with Gasteiger partial charge < -0.3 is 9.73 Å². The Labute approximate surface area is 85.2 Å². The topological polar surface area (TPSA) is 63.8 Å². The van der Waals surface area contributed by atoms with Crippen molar-refractivity contribution in [1.29, 1.82) is 0 Å². The molecule has 0 fully saturated rings. The number of hydrogen-bond acceptors (Lipinski definition) is 6. The fraction of sp³-hybridized carbons (Fsp3) is 0.375. The number of nitrogens with one attached hydrogen (secondary N) is 1. The highest BCUT2D eigenvalue weighted by Crippen LogP contribution is 2.11. The third-order valence-corrected chi connectivity index (χ3v) is 2.72. The molecule has 0 radical (unpaired) electrons. The normalized spacial score (nSPS) is 10.4. The number of aromatic nitrogens is 3. The predicted octanol–water partition coefficient (Wildman–Crippen LogP) is 1.70. The van der Waals surface area contributed by atoms with Gasteiger partial charge >= 0.3 is 6.01 Å². The zero-order valence-corrected chi connectivity index (χ0v) is 8.54. The quantitative estimate of drug-likeness (QED) is 0.832. The second kappa shape index (κ2) is 4.19. The maximum Gasteiger partial charge on any atom is 0.315 e. The molecule has 2 rings (SSSR count). The Morgan fingerprint density at radius 2 is 2.50 bits per heavy atom. The number of thiazole rings is 1. The summed E-state index contributed by atoms with van der Waals surface area (Å²) in [6.45, 7) is 2.72. The van der Waals surface area contributed by atoms with Crippen molar-refractivity contribution in [3.63, 3.8) is 0 Å². The number of anilines is 1. The molecule has 0 saturated carbocycles. The first-order valence-corrected chi connectivity index (χ1v) is 5.19. The molecule has 0 unspecified atom stereocenters. The highest BCUT2D eigenvalue weighted by molar-refractivity contribution is 7.09.